The minimum Gasteiger partial charge on any atom is -0.390 e. The van der Waals surface area contributed by atoms with Crippen LogP contribution in [0.1, 0.15) is 83.1 Å². The van der Waals surface area contributed by atoms with Crippen LogP contribution in [0.15, 0.2) is 24.5 Å². The molecule has 0 spiro atoms. The highest BCUT2D eigenvalue weighted by Gasteiger charge is 2.57. The SMILES string of the molecule is C[C@@]1(O)CC[C@H]2[C@H](CC[C@@H]3[C@@H]2CC[C@]2(C)[C@@H](c4ccncc4)CC[C@@H]32)C1. The smallest absolute Gasteiger partial charge is 0.0622 e. The van der Waals surface area contributed by atoms with Crippen LogP contribution in [0.4, 0.5) is 0 Å². The lowest BCUT2D eigenvalue weighted by Crippen LogP contribution is -2.50. The third-order valence-corrected chi connectivity index (χ3v) is 9.35. The van der Waals surface area contributed by atoms with Gasteiger partial charge in [-0.1, -0.05) is 6.92 Å². The van der Waals surface area contributed by atoms with Gasteiger partial charge in [0.25, 0.3) is 0 Å². The number of pyridine rings is 1. The van der Waals surface area contributed by atoms with Crippen LogP contribution in [0.3, 0.4) is 0 Å². The Morgan fingerprint density at radius 3 is 2.46 bits per heavy atom. The highest BCUT2D eigenvalue weighted by Crippen LogP contribution is 2.66. The van der Waals surface area contributed by atoms with Gasteiger partial charge >= 0.3 is 0 Å². The van der Waals surface area contributed by atoms with Crippen molar-refractivity contribution in [1.29, 1.82) is 0 Å². The van der Waals surface area contributed by atoms with Gasteiger partial charge in [0, 0.05) is 12.4 Å². The Morgan fingerprint density at radius 2 is 1.65 bits per heavy atom. The van der Waals surface area contributed by atoms with Crippen molar-refractivity contribution < 1.29 is 5.11 Å². The van der Waals surface area contributed by atoms with Gasteiger partial charge in [-0.3, -0.25) is 4.98 Å². The van der Waals surface area contributed by atoms with Crippen LogP contribution < -0.4 is 0 Å². The Kier molecular flexibility index (Phi) is 4.01. The molecule has 0 aromatic carbocycles. The summed E-state index contributed by atoms with van der Waals surface area (Å²) in [5.41, 5.74) is 1.64. The van der Waals surface area contributed by atoms with Crippen molar-refractivity contribution >= 4 is 0 Å². The molecule has 4 saturated carbocycles. The van der Waals surface area contributed by atoms with E-state index in [2.05, 4.69) is 31.0 Å². The van der Waals surface area contributed by atoms with Crippen molar-refractivity contribution in [3.8, 4) is 0 Å². The molecule has 0 amide bonds. The molecule has 4 fully saturated rings. The van der Waals surface area contributed by atoms with Crippen LogP contribution in [0.25, 0.3) is 0 Å². The van der Waals surface area contributed by atoms with Crippen LogP contribution in [0.5, 0.6) is 0 Å². The number of hydrogen-bond donors (Lipinski definition) is 1. The van der Waals surface area contributed by atoms with Gasteiger partial charge in [0.15, 0.2) is 0 Å². The Bertz CT molecular complexity index is 655. The third kappa shape index (κ3) is 2.58. The van der Waals surface area contributed by atoms with Crippen LogP contribution >= 0.6 is 0 Å². The zero-order valence-corrected chi connectivity index (χ0v) is 16.5. The number of aromatic nitrogens is 1. The minimum atomic E-state index is -0.392. The zero-order chi connectivity index (χ0) is 17.9. The molecule has 0 saturated heterocycles. The zero-order valence-electron chi connectivity index (χ0n) is 16.5. The first-order chi connectivity index (χ1) is 12.5. The lowest BCUT2D eigenvalue weighted by Gasteiger charge is -2.57. The molecule has 8 atom stereocenters. The molecular formula is C24H35NO. The summed E-state index contributed by atoms with van der Waals surface area (Å²) in [7, 11) is 0. The van der Waals surface area contributed by atoms with Crippen molar-refractivity contribution in [3.63, 3.8) is 0 Å². The number of rotatable bonds is 1. The fourth-order valence-corrected chi connectivity index (χ4v) is 8.22. The lowest BCUT2D eigenvalue weighted by atomic mass is 9.49. The number of aliphatic hydroxyl groups is 1. The van der Waals surface area contributed by atoms with Crippen molar-refractivity contribution in [2.75, 3.05) is 0 Å². The van der Waals surface area contributed by atoms with Crippen LogP contribution in [-0.4, -0.2) is 15.7 Å². The van der Waals surface area contributed by atoms with E-state index in [0.29, 0.717) is 5.41 Å². The molecule has 1 heterocycles. The Balaban J connectivity index is 1.39. The van der Waals surface area contributed by atoms with Gasteiger partial charge in [-0.15, -0.1) is 0 Å². The molecule has 2 heteroatoms. The van der Waals surface area contributed by atoms with Gasteiger partial charge in [-0.25, -0.2) is 0 Å². The third-order valence-electron chi connectivity index (χ3n) is 9.35. The lowest BCUT2D eigenvalue weighted by molar-refractivity contribution is -0.0958. The first-order valence-corrected chi connectivity index (χ1v) is 11.1. The topological polar surface area (TPSA) is 33.1 Å². The van der Waals surface area contributed by atoms with Crippen LogP contribution in [0.2, 0.25) is 0 Å². The van der Waals surface area contributed by atoms with E-state index in [9.17, 15) is 5.11 Å². The quantitative estimate of drug-likeness (QED) is 0.716. The van der Waals surface area contributed by atoms with E-state index in [1.165, 1.54) is 50.5 Å². The average molecular weight is 354 g/mol. The van der Waals surface area contributed by atoms with Crippen molar-refractivity contribution in [2.24, 2.45) is 35.0 Å². The van der Waals surface area contributed by atoms with E-state index >= 15 is 0 Å². The average Bonchev–Trinajstić information content (AvgIpc) is 2.98. The number of fused-ring (bicyclic) bond motifs is 5. The molecule has 1 aromatic rings. The first kappa shape index (κ1) is 17.2. The molecule has 0 aliphatic heterocycles. The normalized spacial score (nSPS) is 50.6. The Labute approximate surface area is 158 Å². The molecular weight excluding hydrogens is 318 g/mol. The maximum Gasteiger partial charge on any atom is 0.0622 e. The van der Waals surface area contributed by atoms with Crippen molar-refractivity contribution in [3.05, 3.63) is 30.1 Å². The first-order valence-electron chi connectivity index (χ1n) is 11.1. The summed E-state index contributed by atoms with van der Waals surface area (Å²) in [5.74, 6) is 5.24. The standard InChI is InChI=1S/C24H35NO/c1-23(26)11-7-18-17(15-23)3-4-20-19(18)8-12-24(2)21(5-6-22(20)24)16-9-13-25-14-10-16/h9-10,13-14,17-22,26H,3-8,11-12,15H2,1-2H3/t17-,18+,19-,20-,21-,22+,23-,24-/m1/s1. The monoisotopic (exact) mass is 353 g/mol. The minimum absolute atomic E-state index is 0.392. The van der Waals surface area contributed by atoms with Crippen LogP contribution in [-0.2, 0) is 0 Å². The molecule has 26 heavy (non-hydrogen) atoms. The van der Waals surface area contributed by atoms with Gasteiger partial charge in [-0.2, -0.15) is 0 Å². The fraction of sp³-hybridized carbons (Fsp3) is 0.792. The van der Waals surface area contributed by atoms with E-state index in [-0.39, 0.29) is 0 Å². The Morgan fingerprint density at radius 1 is 0.885 bits per heavy atom. The maximum absolute atomic E-state index is 10.6. The van der Waals surface area contributed by atoms with Gasteiger partial charge in [-0.05, 0) is 123 Å². The van der Waals surface area contributed by atoms with E-state index in [1.807, 2.05) is 12.4 Å². The summed E-state index contributed by atoms with van der Waals surface area (Å²) < 4.78 is 0. The number of nitrogens with zero attached hydrogens (tertiary/aromatic N) is 1. The molecule has 1 N–H and O–H groups in total. The van der Waals surface area contributed by atoms with Gasteiger partial charge in [0.2, 0.25) is 0 Å². The highest BCUT2D eigenvalue weighted by atomic mass is 16.3. The number of hydrogen-bond acceptors (Lipinski definition) is 2. The second-order valence-electron chi connectivity index (χ2n) is 10.6. The van der Waals surface area contributed by atoms with Gasteiger partial charge < -0.3 is 5.11 Å². The predicted octanol–water partition coefficient (Wildman–Crippen LogP) is 5.57. The molecule has 4 aliphatic rings. The van der Waals surface area contributed by atoms with E-state index < -0.39 is 5.60 Å². The van der Waals surface area contributed by atoms with E-state index in [4.69, 9.17) is 0 Å². The molecule has 1 aromatic heterocycles. The van der Waals surface area contributed by atoms with E-state index in [0.717, 1.165) is 48.3 Å². The summed E-state index contributed by atoms with van der Waals surface area (Å²) in [6.07, 6.45) is 15.8. The molecule has 2 nitrogen and oxygen atoms in total. The molecule has 0 bridgehead atoms. The summed E-state index contributed by atoms with van der Waals surface area (Å²) in [6.45, 7) is 4.69. The van der Waals surface area contributed by atoms with Crippen molar-refractivity contribution in [2.45, 2.75) is 83.2 Å². The van der Waals surface area contributed by atoms with Crippen LogP contribution in [0, 0.1) is 35.0 Å². The summed E-state index contributed by atoms with van der Waals surface area (Å²) in [5, 5.41) is 10.6. The summed E-state index contributed by atoms with van der Waals surface area (Å²) in [4.78, 5) is 4.25. The highest BCUT2D eigenvalue weighted by molar-refractivity contribution is 5.23. The molecule has 142 valence electrons. The molecule has 5 rings (SSSR count). The molecule has 0 radical (unpaired) electrons. The molecule has 4 aliphatic carbocycles. The van der Waals surface area contributed by atoms with Gasteiger partial charge in [0.05, 0.1) is 5.60 Å². The van der Waals surface area contributed by atoms with Crippen molar-refractivity contribution in [1.82, 2.24) is 4.98 Å². The molecule has 0 unspecified atom stereocenters. The second kappa shape index (κ2) is 6.06. The predicted molar refractivity (Wildman–Crippen MR) is 105 cm³/mol. The fourth-order valence-electron chi connectivity index (χ4n) is 8.22. The summed E-state index contributed by atoms with van der Waals surface area (Å²) in [6, 6.07) is 4.54. The second-order valence-corrected chi connectivity index (χ2v) is 10.6. The van der Waals surface area contributed by atoms with Gasteiger partial charge in [0.1, 0.15) is 0 Å². The Hall–Kier alpha value is -0.890. The van der Waals surface area contributed by atoms with E-state index in [1.54, 1.807) is 0 Å². The maximum atomic E-state index is 10.6. The summed E-state index contributed by atoms with van der Waals surface area (Å²) >= 11 is 0. The largest absolute Gasteiger partial charge is 0.390 e.